The van der Waals surface area contributed by atoms with E-state index in [0.29, 0.717) is 12.5 Å². The van der Waals surface area contributed by atoms with Crippen LogP contribution in [0.25, 0.3) is 0 Å². The predicted octanol–water partition coefficient (Wildman–Crippen LogP) is 2.62. The fraction of sp³-hybridized carbons (Fsp3) is 0.900. The average Bonchev–Trinajstić information content (AvgIpc) is 2.11. The summed E-state index contributed by atoms with van der Waals surface area (Å²) in [7, 11) is 0. The van der Waals surface area contributed by atoms with E-state index in [4.69, 9.17) is 4.74 Å². The Morgan fingerprint density at radius 1 is 1.25 bits per heavy atom. The van der Waals surface area contributed by atoms with E-state index in [1.807, 2.05) is 13.8 Å². The van der Waals surface area contributed by atoms with Gasteiger partial charge in [0.05, 0.1) is 12.5 Å². The molecule has 12 heavy (non-hydrogen) atoms. The smallest absolute Gasteiger partial charge is 0.308 e. The molecule has 0 N–H and O–H groups in total. The summed E-state index contributed by atoms with van der Waals surface area (Å²) in [5.74, 6) is 0.477. The number of hydrogen-bond donors (Lipinski definition) is 0. The van der Waals surface area contributed by atoms with Crippen molar-refractivity contribution >= 4 is 5.97 Å². The van der Waals surface area contributed by atoms with Crippen molar-refractivity contribution in [3.05, 3.63) is 0 Å². The van der Waals surface area contributed by atoms with Crippen LogP contribution in [0.15, 0.2) is 0 Å². The molecule has 0 fully saturated rings. The van der Waals surface area contributed by atoms with Gasteiger partial charge in [0.25, 0.3) is 0 Å². The second kappa shape index (κ2) is 6.04. The lowest BCUT2D eigenvalue weighted by atomic mass is 10.1. The molecule has 0 rings (SSSR count). The van der Waals surface area contributed by atoms with Gasteiger partial charge >= 0.3 is 5.97 Å². The fourth-order valence-corrected chi connectivity index (χ4v) is 0.651. The molecule has 72 valence electrons. The van der Waals surface area contributed by atoms with Crippen molar-refractivity contribution in [1.29, 1.82) is 0 Å². The molecule has 0 bridgehead atoms. The first kappa shape index (κ1) is 11.5. The Morgan fingerprint density at radius 2 is 1.83 bits per heavy atom. The Hall–Kier alpha value is -0.530. The van der Waals surface area contributed by atoms with Crippen LogP contribution in [0.2, 0.25) is 0 Å². The molecule has 0 aliphatic heterocycles. The SMILES string of the molecule is CCC(C)C(=O)OC[C@H](C)CC. The first-order valence-electron chi connectivity index (χ1n) is 4.78. The zero-order valence-electron chi connectivity index (χ0n) is 8.59. The average molecular weight is 172 g/mol. The van der Waals surface area contributed by atoms with Gasteiger partial charge in [-0.3, -0.25) is 4.79 Å². The Kier molecular flexibility index (Phi) is 5.77. The summed E-state index contributed by atoms with van der Waals surface area (Å²) < 4.78 is 5.11. The Balaban J connectivity index is 3.56. The van der Waals surface area contributed by atoms with Crippen molar-refractivity contribution in [3.8, 4) is 0 Å². The van der Waals surface area contributed by atoms with Gasteiger partial charge in [-0.05, 0) is 12.3 Å². The van der Waals surface area contributed by atoms with Gasteiger partial charge in [0.2, 0.25) is 0 Å². The van der Waals surface area contributed by atoms with Gasteiger partial charge in [-0.1, -0.05) is 34.1 Å². The third-order valence-electron chi connectivity index (χ3n) is 2.22. The Labute approximate surface area is 75.3 Å². The van der Waals surface area contributed by atoms with Gasteiger partial charge in [-0.2, -0.15) is 0 Å². The van der Waals surface area contributed by atoms with Crippen LogP contribution in [0.3, 0.4) is 0 Å². The number of carbonyl (C=O) groups is 1. The van der Waals surface area contributed by atoms with Crippen molar-refractivity contribution in [2.75, 3.05) is 6.61 Å². The van der Waals surface area contributed by atoms with Crippen LogP contribution < -0.4 is 0 Å². The van der Waals surface area contributed by atoms with Crippen LogP contribution in [-0.4, -0.2) is 12.6 Å². The maximum Gasteiger partial charge on any atom is 0.308 e. The zero-order chi connectivity index (χ0) is 9.56. The first-order valence-corrected chi connectivity index (χ1v) is 4.78. The molecule has 2 heteroatoms. The highest BCUT2D eigenvalue weighted by Gasteiger charge is 2.12. The number of esters is 1. The minimum atomic E-state index is -0.0576. The van der Waals surface area contributed by atoms with Crippen molar-refractivity contribution in [2.24, 2.45) is 11.8 Å². The van der Waals surface area contributed by atoms with Crippen LogP contribution in [0.1, 0.15) is 40.5 Å². The predicted molar refractivity (Wildman–Crippen MR) is 49.9 cm³/mol. The van der Waals surface area contributed by atoms with E-state index in [-0.39, 0.29) is 11.9 Å². The summed E-state index contributed by atoms with van der Waals surface area (Å²) >= 11 is 0. The molecule has 0 amide bonds. The number of rotatable bonds is 5. The topological polar surface area (TPSA) is 26.3 Å². The molecular weight excluding hydrogens is 152 g/mol. The largest absolute Gasteiger partial charge is 0.465 e. The lowest BCUT2D eigenvalue weighted by Crippen LogP contribution is -2.17. The van der Waals surface area contributed by atoms with E-state index in [9.17, 15) is 4.79 Å². The molecule has 0 aromatic carbocycles. The van der Waals surface area contributed by atoms with Crippen molar-refractivity contribution in [2.45, 2.75) is 40.5 Å². The molecule has 0 aromatic heterocycles. The molecule has 0 saturated heterocycles. The molecular formula is C10H20O2. The number of carbonyl (C=O) groups excluding carboxylic acids is 1. The van der Waals surface area contributed by atoms with Gasteiger partial charge in [-0.25, -0.2) is 0 Å². The quantitative estimate of drug-likeness (QED) is 0.596. The molecule has 0 aliphatic carbocycles. The monoisotopic (exact) mass is 172 g/mol. The van der Waals surface area contributed by atoms with E-state index in [0.717, 1.165) is 12.8 Å². The van der Waals surface area contributed by atoms with Gasteiger partial charge in [0, 0.05) is 0 Å². The fourth-order valence-electron chi connectivity index (χ4n) is 0.651. The molecule has 1 unspecified atom stereocenters. The van der Waals surface area contributed by atoms with Crippen molar-refractivity contribution < 1.29 is 9.53 Å². The molecule has 0 aliphatic rings. The Bertz CT molecular complexity index is 132. The number of ether oxygens (including phenoxy) is 1. The van der Waals surface area contributed by atoms with E-state index >= 15 is 0 Å². The third-order valence-corrected chi connectivity index (χ3v) is 2.22. The van der Waals surface area contributed by atoms with Crippen LogP contribution >= 0.6 is 0 Å². The number of hydrogen-bond acceptors (Lipinski definition) is 2. The highest BCUT2D eigenvalue weighted by atomic mass is 16.5. The molecule has 0 spiro atoms. The van der Waals surface area contributed by atoms with Crippen LogP contribution in [-0.2, 0) is 9.53 Å². The van der Waals surface area contributed by atoms with E-state index in [1.54, 1.807) is 0 Å². The Morgan fingerprint density at radius 3 is 2.25 bits per heavy atom. The standard InChI is InChI=1S/C10H20O2/c1-5-8(3)7-12-10(11)9(4)6-2/h8-9H,5-7H2,1-4H3/t8-,9?/m1/s1. The maximum atomic E-state index is 11.2. The summed E-state index contributed by atoms with van der Waals surface area (Å²) in [5.41, 5.74) is 0. The first-order chi connectivity index (χ1) is 5.61. The van der Waals surface area contributed by atoms with E-state index in [2.05, 4.69) is 13.8 Å². The third kappa shape index (κ3) is 4.37. The summed E-state index contributed by atoms with van der Waals surface area (Å²) in [6, 6.07) is 0. The van der Waals surface area contributed by atoms with Gasteiger partial charge < -0.3 is 4.74 Å². The van der Waals surface area contributed by atoms with Crippen LogP contribution in [0.4, 0.5) is 0 Å². The minimum Gasteiger partial charge on any atom is -0.465 e. The van der Waals surface area contributed by atoms with Crippen molar-refractivity contribution in [3.63, 3.8) is 0 Å². The van der Waals surface area contributed by atoms with Gasteiger partial charge in [-0.15, -0.1) is 0 Å². The van der Waals surface area contributed by atoms with Gasteiger partial charge in [0.15, 0.2) is 0 Å². The zero-order valence-corrected chi connectivity index (χ0v) is 8.59. The molecule has 2 atom stereocenters. The maximum absolute atomic E-state index is 11.2. The molecule has 0 heterocycles. The second-order valence-corrected chi connectivity index (χ2v) is 3.45. The van der Waals surface area contributed by atoms with Gasteiger partial charge in [0.1, 0.15) is 0 Å². The lowest BCUT2D eigenvalue weighted by Gasteiger charge is -2.12. The van der Waals surface area contributed by atoms with Crippen molar-refractivity contribution in [1.82, 2.24) is 0 Å². The molecule has 0 radical (unpaired) electrons. The normalized spacial score (nSPS) is 15.3. The van der Waals surface area contributed by atoms with E-state index in [1.165, 1.54) is 0 Å². The minimum absolute atomic E-state index is 0.0501. The second-order valence-electron chi connectivity index (χ2n) is 3.45. The summed E-state index contributed by atoms with van der Waals surface area (Å²) in [5, 5.41) is 0. The molecule has 0 saturated carbocycles. The van der Waals surface area contributed by atoms with Crippen LogP contribution in [0.5, 0.6) is 0 Å². The highest BCUT2D eigenvalue weighted by molar-refractivity contribution is 5.71. The van der Waals surface area contributed by atoms with Crippen LogP contribution in [0, 0.1) is 11.8 Å². The van der Waals surface area contributed by atoms with E-state index < -0.39 is 0 Å². The summed E-state index contributed by atoms with van der Waals surface area (Å²) in [4.78, 5) is 11.2. The summed E-state index contributed by atoms with van der Waals surface area (Å²) in [6.45, 7) is 8.65. The highest BCUT2D eigenvalue weighted by Crippen LogP contribution is 2.06. The summed E-state index contributed by atoms with van der Waals surface area (Å²) in [6.07, 6.45) is 1.92. The molecule has 2 nitrogen and oxygen atoms in total. The lowest BCUT2D eigenvalue weighted by molar-refractivity contribution is -0.149. The molecule has 0 aromatic rings.